The molecule has 1 saturated heterocycles. The Hall–Kier alpha value is -0.490. The summed E-state index contributed by atoms with van der Waals surface area (Å²) in [7, 11) is 0. The molecule has 20 heavy (non-hydrogen) atoms. The molecular weight excluding hydrogens is 293 g/mol. The van der Waals surface area contributed by atoms with E-state index in [0.717, 1.165) is 19.4 Å². The number of halogens is 4. The van der Waals surface area contributed by atoms with Crippen LogP contribution in [0.15, 0.2) is 0 Å². The normalized spacial score (nSPS) is 31.2. The molecule has 2 rings (SSSR count). The summed E-state index contributed by atoms with van der Waals surface area (Å²) in [6, 6.07) is -0.310. The number of piperidine rings is 1. The molecule has 0 aromatic rings. The molecule has 2 N–H and O–H groups in total. The maximum absolute atomic E-state index is 12.7. The number of carbonyl (C=O) groups is 1. The minimum atomic E-state index is -4.13. The Kier molecular flexibility index (Phi) is 6.58. The quantitative estimate of drug-likeness (QED) is 0.822. The van der Waals surface area contributed by atoms with Gasteiger partial charge >= 0.3 is 6.18 Å². The van der Waals surface area contributed by atoms with Gasteiger partial charge in [0.25, 0.3) is 0 Å². The highest BCUT2D eigenvalue weighted by atomic mass is 35.5. The van der Waals surface area contributed by atoms with E-state index in [1.54, 1.807) is 0 Å². The van der Waals surface area contributed by atoms with E-state index in [9.17, 15) is 18.0 Å². The van der Waals surface area contributed by atoms with E-state index >= 15 is 0 Å². The van der Waals surface area contributed by atoms with Gasteiger partial charge in [-0.15, -0.1) is 12.4 Å². The molecule has 3 unspecified atom stereocenters. The van der Waals surface area contributed by atoms with Crippen molar-refractivity contribution in [2.24, 2.45) is 11.8 Å². The number of hydrogen-bond donors (Lipinski definition) is 2. The molecule has 1 heterocycles. The largest absolute Gasteiger partial charge is 0.391 e. The predicted molar refractivity (Wildman–Crippen MR) is 72.8 cm³/mol. The van der Waals surface area contributed by atoms with Gasteiger partial charge in [0.2, 0.25) is 5.91 Å². The molecular formula is C13H22ClF3N2O. The third-order valence-corrected chi connectivity index (χ3v) is 4.15. The van der Waals surface area contributed by atoms with Crippen LogP contribution < -0.4 is 10.6 Å². The summed E-state index contributed by atoms with van der Waals surface area (Å²) in [6.07, 6.45) is -0.912. The highest BCUT2D eigenvalue weighted by Gasteiger charge is 2.42. The molecule has 0 aromatic heterocycles. The number of carbonyl (C=O) groups excluding carboxylic acids is 1. The van der Waals surface area contributed by atoms with Gasteiger partial charge in [-0.3, -0.25) is 4.79 Å². The van der Waals surface area contributed by atoms with E-state index < -0.39 is 12.1 Å². The number of alkyl halides is 3. The Labute approximate surface area is 123 Å². The lowest BCUT2D eigenvalue weighted by Gasteiger charge is -2.32. The highest BCUT2D eigenvalue weighted by Crippen LogP contribution is 2.37. The Morgan fingerprint density at radius 2 is 1.90 bits per heavy atom. The van der Waals surface area contributed by atoms with Crippen molar-refractivity contribution in [2.75, 3.05) is 13.1 Å². The first-order valence-corrected chi connectivity index (χ1v) is 7.04. The Morgan fingerprint density at radius 1 is 1.15 bits per heavy atom. The average Bonchev–Trinajstić information content (AvgIpc) is 2.39. The molecule has 1 amide bonds. The van der Waals surface area contributed by atoms with Crippen LogP contribution >= 0.6 is 12.4 Å². The van der Waals surface area contributed by atoms with E-state index in [0.29, 0.717) is 19.4 Å². The summed E-state index contributed by atoms with van der Waals surface area (Å²) >= 11 is 0. The van der Waals surface area contributed by atoms with E-state index in [4.69, 9.17) is 0 Å². The van der Waals surface area contributed by atoms with Crippen LogP contribution in [0.1, 0.15) is 38.5 Å². The summed E-state index contributed by atoms with van der Waals surface area (Å²) < 4.78 is 38.1. The molecule has 118 valence electrons. The van der Waals surface area contributed by atoms with Gasteiger partial charge in [0, 0.05) is 12.6 Å². The van der Waals surface area contributed by atoms with Crippen LogP contribution in [-0.2, 0) is 4.79 Å². The van der Waals surface area contributed by atoms with Crippen molar-refractivity contribution in [1.82, 2.24) is 10.6 Å². The zero-order chi connectivity index (χ0) is 13.9. The maximum atomic E-state index is 12.7. The van der Waals surface area contributed by atoms with Gasteiger partial charge in [-0.1, -0.05) is 6.42 Å². The summed E-state index contributed by atoms with van der Waals surface area (Å²) in [6.45, 7) is 1.56. The van der Waals surface area contributed by atoms with E-state index in [1.807, 2.05) is 0 Å². The molecule has 2 aliphatic rings. The Bertz CT molecular complexity index is 319. The fourth-order valence-corrected chi connectivity index (χ4v) is 3.01. The van der Waals surface area contributed by atoms with Crippen LogP contribution in [0.2, 0.25) is 0 Å². The van der Waals surface area contributed by atoms with Gasteiger partial charge in [0.1, 0.15) is 0 Å². The van der Waals surface area contributed by atoms with Gasteiger partial charge in [0.05, 0.1) is 11.8 Å². The average molecular weight is 315 g/mol. The third-order valence-electron chi connectivity index (χ3n) is 4.15. The number of nitrogens with one attached hydrogen (secondary N) is 2. The fourth-order valence-electron chi connectivity index (χ4n) is 3.01. The number of rotatable bonds is 2. The standard InChI is InChI=1S/C13H21F3N2O.ClH/c14-13(15,16)10-4-1-5-11(7-10)18-12(19)9-3-2-6-17-8-9;/h9-11,17H,1-8H2,(H,18,19);1H. The smallest absolute Gasteiger partial charge is 0.353 e. The molecule has 7 heteroatoms. The monoisotopic (exact) mass is 314 g/mol. The number of amides is 1. The molecule has 1 saturated carbocycles. The van der Waals surface area contributed by atoms with Crippen LogP contribution in [0.25, 0.3) is 0 Å². The van der Waals surface area contributed by atoms with Crippen molar-refractivity contribution in [3.8, 4) is 0 Å². The Morgan fingerprint density at radius 3 is 2.50 bits per heavy atom. The minimum Gasteiger partial charge on any atom is -0.353 e. The summed E-state index contributed by atoms with van der Waals surface area (Å²) in [5.41, 5.74) is 0. The highest BCUT2D eigenvalue weighted by molar-refractivity contribution is 5.85. The molecule has 0 aromatic carbocycles. The third kappa shape index (κ3) is 4.81. The maximum Gasteiger partial charge on any atom is 0.391 e. The van der Waals surface area contributed by atoms with Crippen molar-refractivity contribution >= 4 is 18.3 Å². The fraction of sp³-hybridized carbons (Fsp3) is 0.923. The first-order chi connectivity index (χ1) is 8.97. The lowest BCUT2D eigenvalue weighted by molar-refractivity contribution is -0.184. The van der Waals surface area contributed by atoms with Gasteiger partial charge < -0.3 is 10.6 Å². The van der Waals surface area contributed by atoms with Crippen molar-refractivity contribution in [3.63, 3.8) is 0 Å². The molecule has 0 radical (unpaired) electrons. The summed E-state index contributed by atoms with van der Waals surface area (Å²) in [5, 5.41) is 5.96. The number of hydrogen-bond acceptors (Lipinski definition) is 2. The predicted octanol–water partition coefficient (Wildman–Crippen LogP) is 2.65. The molecule has 3 nitrogen and oxygen atoms in total. The molecule has 1 aliphatic carbocycles. The second-order valence-corrected chi connectivity index (χ2v) is 5.65. The molecule has 3 atom stereocenters. The van der Waals surface area contributed by atoms with E-state index in [2.05, 4.69) is 10.6 Å². The molecule has 1 aliphatic heterocycles. The molecule has 0 spiro atoms. The lowest BCUT2D eigenvalue weighted by Crippen LogP contribution is -2.47. The molecule has 2 fully saturated rings. The van der Waals surface area contributed by atoms with Crippen LogP contribution in [0.3, 0.4) is 0 Å². The molecule has 0 bridgehead atoms. The van der Waals surface area contributed by atoms with Crippen LogP contribution in [0.5, 0.6) is 0 Å². The topological polar surface area (TPSA) is 41.1 Å². The lowest BCUT2D eigenvalue weighted by atomic mass is 9.85. The van der Waals surface area contributed by atoms with Crippen LogP contribution in [0, 0.1) is 11.8 Å². The van der Waals surface area contributed by atoms with Gasteiger partial charge in [-0.25, -0.2) is 0 Å². The van der Waals surface area contributed by atoms with Crippen molar-refractivity contribution in [2.45, 2.75) is 50.7 Å². The van der Waals surface area contributed by atoms with Crippen LogP contribution in [0.4, 0.5) is 13.2 Å². The second-order valence-electron chi connectivity index (χ2n) is 5.65. The summed E-state index contributed by atoms with van der Waals surface area (Å²) in [5.74, 6) is -1.42. The first kappa shape index (κ1) is 17.6. The van der Waals surface area contributed by atoms with Gasteiger partial charge in [-0.2, -0.15) is 13.2 Å². The van der Waals surface area contributed by atoms with Gasteiger partial charge in [0.15, 0.2) is 0 Å². The zero-order valence-electron chi connectivity index (χ0n) is 11.3. The van der Waals surface area contributed by atoms with Crippen molar-refractivity contribution < 1.29 is 18.0 Å². The summed E-state index contributed by atoms with van der Waals surface area (Å²) in [4.78, 5) is 12.0. The van der Waals surface area contributed by atoms with E-state index in [-0.39, 0.29) is 43.1 Å². The Balaban J connectivity index is 0.00000200. The van der Waals surface area contributed by atoms with Crippen molar-refractivity contribution in [1.29, 1.82) is 0 Å². The zero-order valence-corrected chi connectivity index (χ0v) is 12.2. The first-order valence-electron chi connectivity index (χ1n) is 7.04. The second kappa shape index (κ2) is 7.50. The SMILES string of the molecule is Cl.O=C(NC1CCCC(C(F)(F)F)C1)C1CCCNC1. The van der Waals surface area contributed by atoms with Crippen LogP contribution in [-0.4, -0.2) is 31.2 Å². The minimum absolute atomic E-state index is 0. The van der Waals surface area contributed by atoms with Gasteiger partial charge in [-0.05, 0) is 38.6 Å². The van der Waals surface area contributed by atoms with E-state index in [1.165, 1.54) is 0 Å². The van der Waals surface area contributed by atoms with Crippen molar-refractivity contribution in [3.05, 3.63) is 0 Å².